The molecule has 1 aliphatic rings. The summed E-state index contributed by atoms with van der Waals surface area (Å²) in [6.45, 7) is 5.36. The van der Waals surface area contributed by atoms with Gasteiger partial charge in [-0.1, -0.05) is 0 Å². The van der Waals surface area contributed by atoms with Crippen molar-refractivity contribution in [1.82, 2.24) is 19.9 Å². The van der Waals surface area contributed by atoms with Gasteiger partial charge in [0.1, 0.15) is 17.8 Å². The molecule has 0 atom stereocenters. The Labute approximate surface area is 170 Å². The SMILES string of the molecule is CCOCCOC1CCC(NC(=O)c2cc(C(C)=O)cc(-n3ccnc3)n2)CC1. The molecule has 1 aliphatic carbocycles. The molecule has 2 heterocycles. The molecule has 156 valence electrons. The zero-order valence-corrected chi connectivity index (χ0v) is 17.0. The number of pyridine rings is 1. The van der Waals surface area contributed by atoms with Gasteiger partial charge in [-0.15, -0.1) is 0 Å². The van der Waals surface area contributed by atoms with E-state index >= 15 is 0 Å². The van der Waals surface area contributed by atoms with E-state index in [9.17, 15) is 9.59 Å². The molecular weight excluding hydrogens is 372 g/mol. The second-order valence-electron chi connectivity index (χ2n) is 7.14. The lowest BCUT2D eigenvalue weighted by atomic mass is 9.93. The molecule has 0 aliphatic heterocycles. The topological polar surface area (TPSA) is 95.3 Å². The van der Waals surface area contributed by atoms with Gasteiger partial charge in [-0.05, 0) is 51.7 Å². The Bertz CT molecular complexity index is 814. The van der Waals surface area contributed by atoms with Crippen molar-refractivity contribution < 1.29 is 19.1 Å². The minimum absolute atomic E-state index is 0.0775. The van der Waals surface area contributed by atoms with Gasteiger partial charge in [0.2, 0.25) is 0 Å². The van der Waals surface area contributed by atoms with Crippen molar-refractivity contribution in [3.05, 3.63) is 42.1 Å². The highest BCUT2D eigenvalue weighted by Gasteiger charge is 2.24. The Morgan fingerprint density at radius 2 is 2.00 bits per heavy atom. The van der Waals surface area contributed by atoms with Gasteiger partial charge in [0.05, 0.1) is 19.3 Å². The number of carbonyl (C=O) groups is 2. The van der Waals surface area contributed by atoms with Crippen LogP contribution in [0.2, 0.25) is 0 Å². The van der Waals surface area contributed by atoms with Crippen LogP contribution in [0.5, 0.6) is 0 Å². The lowest BCUT2D eigenvalue weighted by Crippen LogP contribution is -2.39. The number of nitrogens with zero attached hydrogens (tertiary/aromatic N) is 3. The smallest absolute Gasteiger partial charge is 0.270 e. The molecule has 8 nitrogen and oxygen atoms in total. The zero-order valence-electron chi connectivity index (χ0n) is 17.0. The summed E-state index contributed by atoms with van der Waals surface area (Å²) < 4.78 is 12.8. The first-order valence-electron chi connectivity index (χ1n) is 10.1. The van der Waals surface area contributed by atoms with E-state index in [1.54, 1.807) is 35.4 Å². The highest BCUT2D eigenvalue weighted by Crippen LogP contribution is 2.22. The number of imidazole rings is 1. The third-order valence-electron chi connectivity index (χ3n) is 5.01. The summed E-state index contributed by atoms with van der Waals surface area (Å²) in [4.78, 5) is 33.1. The van der Waals surface area contributed by atoms with Crippen molar-refractivity contribution in [2.24, 2.45) is 0 Å². The highest BCUT2D eigenvalue weighted by atomic mass is 16.5. The maximum Gasteiger partial charge on any atom is 0.270 e. The molecule has 3 rings (SSSR count). The van der Waals surface area contributed by atoms with Crippen LogP contribution in [0.25, 0.3) is 5.82 Å². The van der Waals surface area contributed by atoms with E-state index in [0.717, 1.165) is 25.7 Å². The third-order valence-corrected chi connectivity index (χ3v) is 5.01. The molecular formula is C21H28N4O4. The minimum Gasteiger partial charge on any atom is -0.379 e. The minimum atomic E-state index is -0.268. The molecule has 8 heteroatoms. The number of nitrogens with one attached hydrogen (secondary N) is 1. The van der Waals surface area contributed by atoms with Crippen molar-refractivity contribution in [2.75, 3.05) is 19.8 Å². The van der Waals surface area contributed by atoms with Crippen molar-refractivity contribution in [3.63, 3.8) is 0 Å². The number of rotatable bonds is 9. The van der Waals surface area contributed by atoms with Crippen LogP contribution in [-0.4, -0.2) is 58.2 Å². The van der Waals surface area contributed by atoms with E-state index in [-0.39, 0.29) is 29.5 Å². The fourth-order valence-corrected chi connectivity index (χ4v) is 3.41. The summed E-state index contributed by atoms with van der Waals surface area (Å²) in [5.41, 5.74) is 0.678. The number of hydrogen-bond donors (Lipinski definition) is 1. The number of amides is 1. The molecule has 1 fully saturated rings. The normalized spacial score (nSPS) is 19.1. The molecule has 1 saturated carbocycles. The number of ether oxygens (including phenoxy) is 2. The molecule has 1 N–H and O–H groups in total. The summed E-state index contributed by atoms with van der Waals surface area (Å²) in [5, 5.41) is 3.05. The fourth-order valence-electron chi connectivity index (χ4n) is 3.41. The van der Waals surface area contributed by atoms with Gasteiger partial charge in [0, 0.05) is 30.6 Å². The lowest BCUT2D eigenvalue weighted by Gasteiger charge is -2.29. The van der Waals surface area contributed by atoms with Gasteiger partial charge in [-0.2, -0.15) is 0 Å². The van der Waals surface area contributed by atoms with E-state index in [2.05, 4.69) is 15.3 Å². The second-order valence-corrected chi connectivity index (χ2v) is 7.14. The predicted molar refractivity (Wildman–Crippen MR) is 107 cm³/mol. The summed E-state index contributed by atoms with van der Waals surface area (Å²) in [5.74, 6) is 0.106. The Morgan fingerprint density at radius 1 is 1.21 bits per heavy atom. The molecule has 2 aromatic heterocycles. The molecule has 0 unspecified atom stereocenters. The van der Waals surface area contributed by atoms with E-state index in [0.29, 0.717) is 31.2 Å². The van der Waals surface area contributed by atoms with Gasteiger partial charge < -0.3 is 14.8 Å². The summed E-state index contributed by atoms with van der Waals surface area (Å²) in [6.07, 6.45) is 8.66. The van der Waals surface area contributed by atoms with E-state index in [1.807, 2.05) is 6.92 Å². The summed E-state index contributed by atoms with van der Waals surface area (Å²) in [7, 11) is 0. The average Bonchev–Trinajstić information content (AvgIpc) is 3.27. The van der Waals surface area contributed by atoms with Crippen LogP contribution in [0.1, 0.15) is 60.4 Å². The molecule has 0 radical (unpaired) electrons. The Balaban J connectivity index is 1.59. The van der Waals surface area contributed by atoms with Crippen molar-refractivity contribution >= 4 is 11.7 Å². The number of hydrogen-bond acceptors (Lipinski definition) is 6. The number of aromatic nitrogens is 3. The highest BCUT2D eigenvalue weighted by molar-refractivity contribution is 5.99. The fraction of sp³-hybridized carbons (Fsp3) is 0.524. The van der Waals surface area contributed by atoms with E-state index in [1.165, 1.54) is 6.92 Å². The maximum absolute atomic E-state index is 12.8. The van der Waals surface area contributed by atoms with Crippen LogP contribution in [0.15, 0.2) is 30.9 Å². The standard InChI is InChI=1S/C21H28N4O4/c1-3-28-10-11-29-18-6-4-17(5-7-18)23-21(27)19-12-16(15(2)26)13-20(24-19)25-9-8-22-14-25/h8-9,12-14,17-18H,3-7,10-11H2,1-2H3,(H,23,27). The number of carbonyl (C=O) groups excluding carboxylic acids is 2. The molecule has 29 heavy (non-hydrogen) atoms. The monoisotopic (exact) mass is 400 g/mol. The average molecular weight is 400 g/mol. The van der Waals surface area contributed by atoms with E-state index < -0.39 is 0 Å². The third kappa shape index (κ3) is 5.95. The molecule has 0 saturated heterocycles. The zero-order chi connectivity index (χ0) is 20.6. The van der Waals surface area contributed by atoms with Gasteiger partial charge >= 0.3 is 0 Å². The number of ketones is 1. The Hall–Kier alpha value is -2.58. The summed E-state index contributed by atoms with van der Waals surface area (Å²) >= 11 is 0. The maximum atomic E-state index is 12.8. The van der Waals surface area contributed by atoms with Crippen molar-refractivity contribution in [2.45, 2.75) is 51.7 Å². The van der Waals surface area contributed by atoms with E-state index in [4.69, 9.17) is 9.47 Å². The van der Waals surface area contributed by atoms with Crippen LogP contribution in [0.3, 0.4) is 0 Å². The molecule has 0 spiro atoms. The van der Waals surface area contributed by atoms with Crippen molar-refractivity contribution in [1.29, 1.82) is 0 Å². The first-order chi connectivity index (χ1) is 14.1. The van der Waals surface area contributed by atoms with Crippen LogP contribution in [0.4, 0.5) is 0 Å². The Kier molecular flexibility index (Phi) is 7.48. The summed E-state index contributed by atoms with van der Waals surface area (Å²) in [6, 6.07) is 3.28. The molecule has 1 amide bonds. The van der Waals surface area contributed by atoms with Gasteiger partial charge in [0.15, 0.2) is 5.78 Å². The Morgan fingerprint density at radius 3 is 2.66 bits per heavy atom. The molecule has 2 aromatic rings. The van der Waals surface area contributed by atoms with Gasteiger partial charge in [0.25, 0.3) is 5.91 Å². The number of Topliss-reactive ketones (excluding diaryl/α,β-unsaturated/α-hetero) is 1. The van der Waals surface area contributed by atoms with Gasteiger partial charge in [-0.25, -0.2) is 9.97 Å². The van der Waals surface area contributed by atoms with Crippen LogP contribution in [0, 0.1) is 0 Å². The van der Waals surface area contributed by atoms with Crippen LogP contribution < -0.4 is 5.32 Å². The molecule has 0 bridgehead atoms. The largest absolute Gasteiger partial charge is 0.379 e. The first-order valence-corrected chi connectivity index (χ1v) is 10.1. The lowest BCUT2D eigenvalue weighted by molar-refractivity contribution is -0.0113. The van der Waals surface area contributed by atoms with Crippen LogP contribution >= 0.6 is 0 Å². The van der Waals surface area contributed by atoms with Crippen LogP contribution in [-0.2, 0) is 9.47 Å². The van der Waals surface area contributed by atoms with Crippen molar-refractivity contribution in [3.8, 4) is 5.82 Å². The first kappa shape index (κ1) is 21.1. The van der Waals surface area contributed by atoms with Gasteiger partial charge in [-0.3, -0.25) is 14.2 Å². The quantitative estimate of drug-likeness (QED) is 0.513. The predicted octanol–water partition coefficient (Wildman–Crippen LogP) is 2.56. The molecule has 0 aromatic carbocycles. The second kappa shape index (κ2) is 10.3.